The number of hydrogen-bond donors (Lipinski definition) is 1. The zero-order valence-corrected chi connectivity index (χ0v) is 13.9. The van der Waals surface area contributed by atoms with Gasteiger partial charge in [0, 0.05) is 32.2 Å². The van der Waals surface area contributed by atoms with Crippen molar-refractivity contribution in [3.8, 4) is 0 Å². The molecule has 0 aromatic carbocycles. The average molecular weight is 330 g/mol. The van der Waals surface area contributed by atoms with Crippen molar-refractivity contribution in [2.75, 3.05) is 31.9 Å². The molecule has 1 aromatic heterocycles. The molecule has 1 aliphatic heterocycles. The molecule has 0 unspecified atom stereocenters. The van der Waals surface area contributed by atoms with Gasteiger partial charge in [-0.3, -0.25) is 4.90 Å². The van der Waals surface area contributed by atoms with E-state index in [1.807, 2.05) is 0 Å². The number of hydrogen-bond acceptors (Lipinski definition) is 6. The molecule has 0 atom stereocenters. The summed E-state index contributed by atoms with van der Waals surface area (Å²) >= 11 is 1.06. The van der Waals surface area contributed by atoms with E-state index in [-0.39, 0.29) is 0 Å². The minimum absolute atomic E-state index is 0.300. The molecule has 1 aromatic rings. The number of sulfonamides is 1. The summed E-state index contributed by atoms with van der Waals surface area (Å²) in [6, 6.07) is 0.663. The van der Waals surface area contributed by atoms with Crippen LogP contribution in [0.4, 0.5) is 5.13 Å². The molecule has 6 nitrogen and oxygen atoms in total. The Kier molecular flexibility index (Phi) is 4.22. The van der Waals surface area contributed by atoms with Crippen LogP contribution < -0.4 is 5.73 Å². The van der Waals surface area contributed by atoms with Crippen molar-refractivity contribution in [2.24, 2.45) is 0 Å². The van der Waals surface area contributed by atoms with Crippen molar-refractivity contribution >= 4 is 26.5 Å². The molecule has 8 heteroatoms. The number of anilines is 1. The van der Waals surface area contributed by atoms with Crippen molar-refractivity contribution in [1.82, 2.24) is 14.2 Å². The molecule has 2 heterocycles. The van der Waals surface area contributed by atoms with Gasteiger partial charge in [0.25, 0.3) is 10.0 Å². The summed E-state index contributed by atoms with van der Waals surface area (Å²) in [7, 11) is -3.44. The number of nitrogens with zero attached hydrogens (tertiary/aromatic N) is 3. The van der Waals surface area contributed by atoms with E-state index in [1.165, 1.54) is 25.7 Å². The largest absolute Gasteiger partial charge is 0.375 e. The number of thiazole rings is 1. The molecule has 0 bridgehead atoms. The summed E-state index contributed by atoms with van der Waals surface area (Å²) in [5.74, 6) is 0. The number of piperazine rings is 1. The summed E-state index contributed by atoms with van der Waals surface area (Å²) in [6.07, 6.45) is 5.14. The molecule has 3 rings (SSSR count). The first kappa shape index (κ1) is 15.2. The third-order valence-corrected chi connectivity index (χ3v) is 7.93. The molecule has 0 spiro atoms. The van der Waals surface area contributed by atoms with Crippen LogP contribution in [-0.2, 0) is 10.0 Å². The van der Waals surface area contributed by atoms with E-state index < -0.39 is 10.0 Å². The van der Waals surface area contributed by atoms with Gasteiger partial charge in [-0.1, -0.05) is 24.2 Å². The summed E-state index contributed by atoms with van der Waals surface area (Å²) in [4.78, 5) is 6.48. The normalized spacial score (nSPS) is 22.9. The fourth-order valence-corrected chi connectivity index (χ4v) is 6.19. The molecule has 2 fully saturated rings. The summed E-state index contributed by atoms with van der Waals surface area (Å²) in [6.45, 7) is 4.50. The van der Waals surface area contributed by atoms with Crippen LogP contribution in [0.5, 0.6) is 0 Å². The molecule has 0 radical (unpaired) electrons. The van der Waals surface area contributed by atoms with Crippen LogP contribution in [0.15, 0.2) is 4.21 Å². The van der Waals surface area contributed by atoms with Crippen LogP contribution in [-0.4, -0.2) is 54.8 Å². The van der Waals surface area contributed by atoms with Gasteiger partial charge >= 0.3 is 0 Å². The summed E-state index contributed by atoms with van der Waals surface area (Å²) in [5.41, 5.74) is 6.14. The lowest BCUT2D eigenvalue weighted by Crippen LogP contribution is -2.51. The maximum absolute atomic E-state index is 12.7. The molecule has 1 aliphatic carbocycles. The first-order valence-corrected chi connectivity index (χ1v) is 9.71. The lowest BCUT2D eigenvalue weighted by Gasteiger charge is -2.37. The predicted molar refractivity (Wildman–Crippen MR) is 83.9 cm³/mol. The van der Waals surface area contributed by atoms with E-state index in [0.717, 1.165) is 24.4 Å². The molecule has 21 heavy (non-hydrogen) atoms. The zero-order valence-electron chi connectivity index (χ0n) is 12.3. The van der Waals surface area contributed by atoms with Crippen LogP contribution >= 0.6 is 11.3 Å². The number of rotatable bonds is 3. The Hall–Kier alpha value is -0.700. The van der Waals surface area contributed by atoms with Gasteiger partial charge in [-0.05, 0) is 19.8 Å². The van der Waals surface area contributed by atoms with Gasteiger partial charge in [0.2, 0.25) is 0 Å². The second kappa shape index (κ2) is 5.83. The van der Waals surface area contributed by atoms with E-state index in [0.29, 0.717) is 34.2 Å². The Balaban J connectivity index is 1.69. The van der Waals surface area contributed by atoms with Crippen molar-refractivity contribution in [1.29, 1.82) is 0 Å². The fraction of sp³-hybridized carbons (Fsp3) is 0.769. The molecule has 118 valence electrons. The Morgan fingerprint density at radius 2 is 1.81 bits per heavy atom. The van der Waals surface area contributed by atoms with Gasteiger partial charge in [-0.15, -0.1) is 0 Å². The monoisotopic (exact) mass is 330 g/mol. The minimum atomic E-state index is -3.44. The predicted octanol–water partition coefficient (Wildman–Crippen LogP) is 1.28. The van der Waals surface area contributed by atoms with Crippen molar-refractivity contribution in [3.63, 3.8) is 0 Å². The third kappa shape index (κ3) is 2.94. The number of nitrogens with two attached hydrogens (primary N) is 1. The Bertz CT molecular complexity index is 600. The van der Waals surface area contributed by atoms with Crippen LogP contribution in [0.2, 0.25) is 0 Å². The van der Waals surface area contributed by atoms with Gasteiger partial charge in [0.05, 0.1) is 5.69 Å². The second-order valence-corrected chi connectivity index (χ2v) is 8.97. The maximum Gasteiger partial charge on any atom is 0.254 e. The van der Waals surface area contributed by atoms with Crippen molar-refractivity contribution in [2.45, 2.75) is 42.9 Å². The molecule has 2 aliphatic rings. The number of aryl methyl sites for hydroxylation is 1. The highest BCUT2D eigenvalue weighted by Crippen LogP contribution is 2.30. The Morgan fingerprint density at radius 3 is 2.33 bits per heavy atom. The number of nitrogen functional groups attached to an aromatic ring is 1. The highest BCUT2D eigenvalue weighted by atomic mass is 32.2. The summed E-state index contributed by atoms with van der Waals surface area (Å²) in [5, 5.41) is 0.315. The van der Waals surface area contributed by atoms with Crippen LogP contribution in [0, 0.1) is 6.92 Å². The molecule has 1 saturated carbocycles. The van der Waals surface area contributed by atoms with E-state index in [2.05, 4.69) is 9.88 Å². The minimum Gasteiger partial charge on any atom is -0.375 e. The quantitative estimate of drug-likeness (QED) is 0.903. The van der Waals surface area contributed by atoms with Gasteiger partial charge in [0.1, 0.15) is 0 Å². The molecule has 2 N–H and O–H groups in total. The maximum atomic E-state index is 12.7. The number of aromatic nitrogens is 1. The fourth-order valence-electron chi connectivity index (χ4n) is 3.34. The third-order valence-electron chi connectivity index (χ3n) is 4.46. The van der Waals surface area contributed by atoms with Crippen LogP contribution in [0.25, 0.3) is 0 Å². The van der Waals surface area contributed by atoms with Crippen molar-refractivity contribution < 1.29 is 8.42 Å². The smallest absolute Gasteiger partial charge is 0.254 e. The van der Waals surface area contributed by atoms with E-state index in [9.17, 15) is 8.42 Å². The highest BCUT2D eigenvalue weighted by molar-refractivity contribution is 7.91. The van der Waals surface area contributed by atoms with Gasteiger partial charge in [0.15, 0.2) is 9.34 Å². The lowest BCUT2D eigenvalue weighted by atomic mass is 10.2. The van der Waals surface area contributed by atoms with Crippen LogP contribution in [0.3, 0.4) is 0 Å². The van der Waals surface area contributed by atoms with E-state index in [1.54, 1.807) is 11.2 Å². The Labute approximate surface area is 130 Å². The zero-order chi connectivity index (χ0) is 15.0. The molecular weight excluding hydrogens is 308 g/mol. The Morgan fingerprint density at radius 1 is 1.19 bits per heavy atom. The van der Waals surface area contributed by atoms with Crippen LogP contribution in [0.1, 0.15) is 31.4 Å². The topological polar surface area (TPSA) is 79.5 Å². The first-order valence-electron chi connectivity index (χ1n) is 7.45. The highest BCUT2D eigenvalue weighted by Gasteiger charge is 2.33. The van der Waals surface area contributed by atoms with Gasteiger partial charge in [-0.25, -0.2) is 13.4 Å². The SMILES string of the molecule is Cc1nc(N)sc1S(=O)(=O)N1CCN(C2CCCC2)CC1. The van der Waals surface area contributed by atoms with Crippen molar-refractivity contribution in [3.05, 3.63) is 5.69 Å². The lowest BCUT2D eigenvalue weighted by molar-refractivity contribution is 0.139. The molecule has 1 saturated heterocycles. The van der Waals surface area contributed by atoms with Gasteiger partial charge in [-0.2, -0.15) is 4.31 Å². The second-order valence-electron chi connectivity index (χ2n) is 5.80. The summed E-state index contributed by atoms with van der Waals surface area (Å²) < 4.78 is 27.2. The van der Waals surface area contributed by atoms with E-state index in [4.69, 9.17) is 5.73 Å². The molecule has 0 amide bonds. The standard InChI is InChI=1S/C13H22N4O2S2/c1-10-12(20-13(14)15-10)21(18,19)17-8-6-16(7-9-17)11-4-2-3-5-11/h11H,2-9H2,1H3,(H2,14,15). The average Bonchev–Trinajstić information content (AvgIpc) is 3.09. The van der Waals surface area contributed by atoms with E-state index >= 15 is 0 Å². The van der Waals surface area contributed by atoms with Gasteiger partial charge < -0.3 is 5.73 Å². The first-order chi connectivity index (χ1) is 9.98. The molecular formula is C13H22N4O2S2.